The number of rotatable bonds is 11. The molecule has 0 N–H and O–H groups in total. The van der Waals surface area contributed by atoms with Crippen LogP contribution in [0.4, 0.5) is 0 Å². The Balaban J connectivity index is 3.02. The van der Waals surface area contributed by atoms with Gasteiger partial charge in [-0.15, -0.1) is 19.7 Å². The Morgan fingerprint density at radius 1 is 1.28 bits per heavy atom. The Hall–Kier alpha value is -1.04. The van der Waals surface area contributed by atoms with E-state index < -0.39 is 0 Å². The molecule has 1 fully saturated rings. The summed E-state index contributed by atoms with van der Waals surface area (Å²) < 4.78 is 0. The molecule has 0 saturated heterocycles. The highest BCUT2D eigenvalue weighted by molar-refractivity contribution is 5.16. The Morgan fingerprint density at radius 2 is 1.92 bits per heavy atom. The van der Waals surface area contributed by atoms with Gasteiger partial charge in [0.25, 0.3) is 0 Å². The summed E-state index contributed by atoms with van der Waals surface area (Å²) in [6, 6.07) is 0. The summed E-state index contributed by atoms with van der Waals surface area (Å²) in [6.07, 6.45) is 15.0. The van der Waals surface area contributed by atoms with Crippen LogP contribution in [0.3, 0.4) is 0 Å². The third kappa shape index (κ3) is 4.04. The van der Waals surface area contributed by atoms with Gasteiger partial charge in [0.1, 0.15) is 0 Å². The molecule has 0 aromatic carbocycles. The Morgan fingerprint density at radius 3 is 2.36 bits per heavy atom. The van der Waals surface area contributed by atoms with Crippen molar-refractivity contribution in [2.45, 2.75) is 79.6 Å². The van der Waals surface area contributed by atoms with Gasteiger partial charge in [-0.25, -0.2) is 0 Å². The molecule has 0 heteroatoms. The highest BCUT2D eigenvalue weighted by atomic mass is 14.5. The maximum absolute atomic E-state index is 4.29. The maximum Gasteiger partial charge on any atom is -0.00301 e. The van der Waals surface area contributed by atoms with Crippen LogP contribution in [-0.2, 0) is 0 Å². The van der Waals surface area contributed by atoms with E-state index in [4.69, 9.17) is 0 Å². The van der Waals surface area contributed by atoms with Crippen molar-refractivity contribution < 1.29 is 0 Å². The predicted molar refractivity (Wildman–Crippen MR) is 115 cm³/mol. The largest absolute Gasteiger partial charge is 0.103 e. The molecular weight excluding hydrogens is 300 g/mol. The van der Waals surface area contributed by atoms with Gasteiger partial charge in [0.2, 0.25) is 0 Å². The number of allylic oxidation sites excluding steroid dienone is 4. The molecule has 0 radical (unpaired) electrons. The van der Waals surface area contributed by atoms with E-state index in [0.717, 1.165) is 12.8 Å². The topological polar surface area (TPSA) is 0 Å². The summed E-state index contributed by atoms with van der Waals surface area (Å²) >= 11 is 0. The third-order valence-electron chi connectivity index (χ3n) is 7.69. The average Bonchev–Trinajstić information content (AvgIpc) is 3.01. The summed E-state index contributed by atoms with van der Waals surface area (Å²) in [5.41, 5.74) is 1.92. The van der Waals surface area contributed by atoms with Crippen LogP contribution in [0.15, 0.2) is 50.1 Å². The fraction of sp³-hybridized carbons (Fsp3) is 0.680. The van der Waals surface area contributed by atoms with E-state index in [1.165, 1.54) is 37.7 Å². The second kappa shape index (κ2) is 8.56. The van der Waals surface area contributed by atoms with Crippen molar-refractivity contribution in [3.8, 4) is 0 Å². The molecule has 25 heavy (non-hydrogen) atoms. The predicted octanol–water partition coefficient (Wildman–Crippen LogP) is 8.14. The number of hydrogen-bond donors (Lipinski definition) is 0. The monoisotopic (exact) mass is 342 g/mol. The van der Waals surface area contributed by atoms with Gasteiger partial charge < -0.3 is 0 Å². The first-order chi connectivity index (χ1) is 11.7. The maximum atomic E-state index is 4.29. The van der Waals surface area contributed by atoms with Gasteiger partial charge in [-0.2, -0.15) is 0 Å². The summed E-state index contributed by atoms with van der Waals surface area (Å²) in [6.45, 7) is 28.5. The van der Waals surface area contributed by atoms with E-state index in [1.54, 1.807) is 0 Å². The molecule has 1 aliphatic carbocycles. The lowest BCUT2D eigenvalue weighted by atomic mass is 9.58. The summed E-state index contributed by atoms with van der Waals surface area (Å²) in [5, 5.41) is 0. The first-order valence-electron chi connectivity index (χ1n) is 10.2. The lowest BCUT2D eigenvalue weighted by Crippen LogP contribution is -2.38. The van der Waals surface area contributed by atoms with E-state index in [2.05, 4.69) is 79.2 Å². The van der Waals surface area contributed by atoms with E-state index in [0.29, 0.717) is 11.8 Å². The highest BCUT2D eigenvalue weighted by Crippen LogP contribution is 2.56. The molecule has 0 aliphatic heterocycles. The molecular formula is C25H42. The minimum absolute atomic E-state index is 0.162. The molecule has 0 nitrogen and oxygen atoms in total. The molecule has 1 rings (SSSR count). The van der Waals surface area contributed by atoms with E-state index in [-0.39, 0.29) is 16.2 Å². The van der Waals surface area contributed by atoms with E-state index in [9.17, 15) is 0 Å². The zero-order chi connectivity index (χ0) is 19.3. The Kier molecular flexibility index (Phi) is 7.54. The van der Waals surface area contributed by atoms with Crippen molar-refractivity contribution >= 4 is 0 Å². The molecule has 142 valence electrons. The fourth-order valence-electron chi connectivity index (χ4n) is 5.62. The van der Waals surface area contributed by atoms with Gasteiger partial charge in [-0.3, -0.25) is 0 Å². The van der Waals surface area contributed by atoms with Crippen molar-refractivity contribution in [1.29, 1.82) is 0 Å². The van der Waals surface area contributed by atoms with Crippen LogP contribution >= 0.6 is 0 Å². The first-order valence-corrected chi connectivity index (χ1v) is 10.2. The second-order valence-corrected chi connectivity index (χ2v) is 9.14. The van der Waals surface area contributed by atoms with Crippen molar-refractivity contribution in [2.24, 2.45) is 28.1 Å². The molecule has 4 atom stereocenters. The van der Waals surface area contributed by atoms with Gasteiger partial charge in [0.05, 0.1) is 0 Å². The fourth-order valence-corrected chi connectivity index (χ4v) is 5.62. The van der Waals surface area contributed by atoms with Crippen LogP contribution in [0, 0.1) is 28.1 Å². The third-order valence-corrected chi connectivity index (χ3v) is 7.69. The lowest BCUT2D eigenvalue weighted by Gasteiger charge is -2.47. The molecule has 0 amide bonds. The van der Waals surface area contributed by atoms with Crippen LogP contribution in [0.1, 0.15) is 79.6 Å². The molecule has 0 bridgehead atoms. The van der Waals surface area contributed by atoms with Crippen LogP contribution in [0.5, 0.6) is 0 Å². The number of hydrogen-bond acceptors (Lipinski definition) is 0. The minimum atomic E-state index is 0.162. The smallest absolute Gasteiger partial charge is 0.00301 e. The average molecular weight is 343 g/mol. The summed E-state index contributed by atoms with van der Waals surface area (Å²) in [4.78, 5) is 0. The van der Waals surface area contributed by atoms with Crippen LogP contribution in [-0.4, -0.2) is 0 Å². The van der Waals surface area contributed by atoms with Gasteiger partial charge in [-0.05, 0) is 73.5 Å². The van der Waals surface area contributed by atoms with Gasteiger partial charge in [0, 0.05) is 0 Å². The Bertz CT molecular complexity index is 494. The molecule has 0 aromatic heterocycles. The van der Waals surface area contributed by atoms with E-state index >= 15 is 0 Å². The van der Waals surface area contributed by atoms with Crippen LogP contribution in [0.2, 0.25) is 0 Å². The van der Waals surface area contributed by atoms with Crippen LogP contribution in [0.25, 0.3) is 0 Å². The molecule has 0 heterocycles. The van der Waals surface area contributed by atoms with Crippen LogP contribution < -0.4 is 0 Å². The highest BCUT2D eigenvalue weighted by Gasteiger charge is 2.46. The van der Waals surface area contributed by atoms with Crippen molar-refractivity contribution in [3.63, 3.8) is 0 Å². The van der Waals surface area contributed by atoms with Gasteiger partial charge in [0.15, 0.2) is 0 Å². The first kappa shape index (κ1) is 22.0. The SMILES string of the molecule is C=CCC(C)(C)[C@](C=C)(CC)CC[C@@H](C)[C@]1(C=C)CCC[C@H]1C(=C)C. The molecule has 0 unspecified atom stereocenters. The zero-order valence-corrected chi connectivity index (χ0v) is 17.7. The van der Waals surface area contributed by atoms with Gasteiger partial charge >= 0.3 is 0 Å². The molecule has 1 aliphatic rings. The van der Waals surface area contributed by atoms with Crippen molar-refractivity contribution in [3.05, 3.63) is 50.1 Å². The standard InChI is InChI=1S/C25H42/c1-10-17-23(8,9)24(11-2,12-3)19-16-21(7)25(13-4)18-14-15-22(25)20(5)6/h10-11,13,21-22H,1-2,4-5,12,14-19H2,3,6-9H3/t21-,22+,24-,25+/m1/s1. The Labute approximate surface area is 158 Å². The zero-order valence-electron chi connectivity index (χ0n) is 17.7. The van der Waals surface area contributed by atoms with Crippen molar-refractivity contribution in [2.75, 3.05) is 0 Å². The summed E-state index contributed by atoms with van der Waals surface area (Å²) in [5.74, 6) is 1.22. The quantitative estimate of drug-likeness (QED) is 0.332. The summed E-state index contributed by atoms with van der Waals surface area (Å²) in [7, 11) is 0. The van der Waals surface area contributed by atoms with E-state index in [1.807, 2.05) is 0 Å². The molecule has 1 saturated carbocycles. The lowest BCUT2D eigenvalue weighted by molar-refractivity contribution is 0.0838. The van der Waals surface area contributed by atoms with Crippen molar-refractivity contribution in [1.82, 2.24) is 0 Å². The second-order valence-electron chi connectivity index (χ2n) is 9.14. The molecule has 0 aromatic rings. The molecule has 0 spiro atoms. The van der Waals surface area contributed by atoms with Gasteiger partial charge in [-0.1, -0.05) is 64.5 Å². The minimum Gasteiger partial charge on any atom is -0.103 e. The normalized spacial score (nSPS) is 27.3.